The predicted molar refractivity (Wildman–Crippen MR) is 130 cm³/mol. The van der Waals surface area contributed by atoms with Gasteiger partial charge in [-0.2, -0.15) is 5.10 Å². The van der Waals surface area contributed by atoms with E-state index in [9.17, 15) is 14.7 Å². The molecule has 0 saturated heterocycles. The highest BCUT2D eigenvalue weighted by Gasteiger charge is 2.33. The van der Waals surface area contributed by atoms with Gasteiger partial charge in [0.1, 0.15) is 6.04 Å². The Morgan fingerprint density at radius 1 is 1.15 bits per heavy atom. The monoisotopic (exact) mass is 446 g/mol. The lowest BCUT2D eigenvalue weighted by Gasteiger charge is -2.39. The van der Waals surface area contributed by atoms with Gasteiger partial charge in [0.2, 0.25) is 0 Å². The van der Waals surface area contributed by atoms with E-state index in [-0.39, 0.29) is 5.91 Å². The lowest BCUT2D eigenvalue weighted by Crippen LogP contribution is -2.51. The largest absolute Gasteiger partial charge is 0.480 e. The van der Waals surface area contributed by atoms with Crippen LogP contribution in [-0.2, 0) is 4.79 Å². The van der Waals surface area contributed by atoms with Crippen LogP contribution < -0.4 is 10.2 Å². The summed E-state index contributed by atoms with van der Waals surface area (Å²) in [4.78, 5) is 26.2. The number of carboxylic acid groups (broad SMARTS) is 1. The van der Waals surface area contributed by atoms with E-state index >= 15 is 0 Å². The Morgan fingerprint density at radius 3 is 2.52 bits per heavy atom. The molecule has 1 fully saturated rings. The first-order chi connectivity index (χ1) is 15.6. The topological polar surface area (TPSA) is 95.4 Å². The van der Waals surface area contributed by atoms with Crippen molar-refractivity contribution < 1.29 is 14.7 Å². The molecule has 172 valence electrons. The average molecular weight is 447 g/mol. The fourth-order valence-corrected chi connectivity index (χ4v) is 4.18. The molecule has 0 radical (unpaired) electrons. The van der Waals surface area contributed by atoms with Gasteiger partial charge in [-0.25, -0.2) is 4.79 Å². The van der Waals surface area contributed by atoms with E-state index in [1.54, 1.807) is 18.0 Å². The Bertz CT molecular complexity index is 1230. The normalized spacial score (nSPS) is 14.7. The second-order valence-electron chi connectivity index (χ2n) is 9.80. The van der Waals surface area contributed by atoms with Crippen molar-refractivity contribution in [2.24, 2.45) is 0 Å². The standard InChI is InChI=1S/C26H30N4O3/c1-15-6-7-18(24(31)28-20-9-10-20)13-22(15)17-8-11-21-19(12-17)14-27-29-23(21)30(26(3,4)5)16(2)25(32)33/h6-8,11-14,16,20H,9-10H2,1-5H3,(H,28,31)(H,32,33)/t16-/m0/s1. The molecule has 7 heteroatoms. The van der Waals surface area contributed by atoms with E-state index in [4.69, 9.17) is 0 Å². The quantitative estimate of drug-likeness (QED) is 0.576. The number of benzene rings is 2. The van der Waals surface area contributed by atoms with Gasteiger partial charge in [-0.05, 0) is 88.4 Å². The minimum absolute atomic E-state index is 0.0452. The second kappa shape index (κ2) is 8.46. The predicted octanol–water partition coefficient (Wildman–Crippen LogP) is 4.58. The van der Waals surface area contributed by atoms with Crippen molar-refractivity contribution in [1.82, 2.24) is 15.5 Å². The smallest absolute Gasteiger partial charge is 0.326 e. The Hall–Kier alpha value is -3.48. The third kappa shape index (κ3) is 4.67. The van der Waals surface area contributed by atoms with E-state index < -0.39 is 17.6 Å². The zero-order valence-electron chi connectivity index (χ0n) is 19.7. The summed E-state index contributed by atoms with van der Waals surface area (Å²) in [5.74, 6) is -0.427. The zero-order chi connectivity index (χ0) is 23.9. The first-order valence-electron chi connectivity index (χ1n) is 11.3. The number of aryl methyl sites for hydroxylation is 1. The fourth-order valence-electron chi connectivity index (χ4n) is 4.18. The highest BCUT2D eigenvalue weighted by molar-refractivity contribution is 5.98. The van der Waals surface area contributed by atoms with Gasteiger partial charge in [0.25, 0.3) is 5.91 Å². The van der Waals surface area contributed by atoms with Crippen molar-refractivity contribution in [1.29, 1.82) is 0 Å². The van der Waals surface area contributed by atoms with Crippen LogP contribution in [-0.4, -0.2) is 44.8 Å². The van der Waals surface area contributed by atoms with Gasteiger partial charge in [-0.1, -0.05) is 12.1 Å². The molecule has 1 aromatic heterocycles. The summed E-state index contributed by atoms with van der Waals surface area (Å²) in [7, 11) is 0. The van der Waals surface area contributed by atoms with E-state index in [1.165, 1.54) is 0 Å². The Balaban J connectivity index is 1.77. The number of aliphatic carboxylic acids is 1. The van der Waals surface area contributed by atoms with Crippen LogP contribution in [0.15, 0.2) is 42.6 Å². The Morgan fingerprint density at radius 2 is 1.88 bits per heavy atom. The maximum absolute atomic E-state index is 12.6. The molecule has 2 aromatic carbocycles. The average Bonchev–Trinajstić information content (AvgIpc) is 3.56. The number of nitrogens with one attached hydrogen (secondary N) is 1. The second-order valence-corrected chi connectivity index (χ2v) is 9.80. The number of rotatable bonds is 6. The van der Waals surface area contributed by atoms with Crippen LogP contribution in [0.1, 0.15) is 56.5 Å². The number of fused-ring (bicyclic) bond motifs is 1. The molecule has 1 saturated carbocycles. The van der Waals surface area contributed by atoms with Gasteiger partial charge in [-0.3, -0.25) is 4.79 Å². The maximum atomic E-state index is 12.6. The molecule has 1 amide bonds. The molecule has 1 aliphatic carbocycles. The molecule has 0 spiro atoms. The first kappa shape index (κ1) is 22.7. The van der Waals surface area contributed by atoms with Crippen LogP contribution >= 0.6 is 0 Å². The highest BCUT2D eigenvalue weighted by Crippen LogP contribution is 2.34. The van der Waals surface area contributed by atoms with E-state index in [1.807, 2.05) is 64.1 Å². The molecule has 3 aromatic rings. The molecule has 0 aliphatic heterocycles. The van der Waals surface area contributed by atoms with Crippen LogP contribution in [0.3, 0.4) is 0 Å². The van der Waals surface area contributed by atoms with Crippen molar-refractivity contribution in [2.75, 3.05) is 4.90 Å². The number of amides is 1. The van der Waals surface area contributed by atoms with Crippen LogP contribution in [0, 0.1) is 6.92 Å². The molecule has 7 nitrogen and oxygen atoms in total. The fraction of sp³-hybridized carbons (Fsp3) is 0.385. The molecule has 4 rings (SSSR count). The zero-order valence-corrected chi connectivity index (χ0v) is 19.7. The maximum Gasteiger partial charge on any atom is 0.326 e. The van der Waals surface area contributed by atoms with E-state index in [0.29, 0.717) is 17.4 Å². The number of nitrogens with zero attached hydrogens (tertiary/aromatic N) is 3. The van der Waals surface area contributed by atoms with Gasteiger partial charge in [-0.15, -0.1) is 5.10 Å². The minimum atomic E-state index is -0.919. The molecule has 2 N–H and O–H groups in total. The molecular formula is C26H30N4O3. The van der Waals surface area contributed by atoms with Crippen molar-refractivity contribution in [3.05, 3.63) is 53.7 Å². The molecule has 33 heavy (non-hydrogen) atoms. The summed E-state index contributed by atoms with van der Waals surface area (Å²) in [6.07, 6.45) is 3.78. The lowest BCUT2D eigenvalue weighted by atomic mass is 9.95. The highest BCUT2D eigenvalue weighted by atomic mass is 16.4. The van der Waals surface area contributed by atoms with Crippen molar-refractivity contribution in [3.63, 3.8) is 0 Å². The third-order valence-electron chi connectivity index (χ3n) is 6.06. The SMILES string of the molecule is Cc1ccc(C(=O)NC2CC2)cc1-c1ccc2c(N([C@@H](C)C(=O)O)C(C)(C)C)nncc2c1. The van der Waals surface area contributed by atoms with Crippen LogP contribution in [0.5, 0.6) is 0 Å². The third-order valence-corrected chi connectivity index (χ3v) is 6.06. The van der Waals surface area contributed by atoms with Gasteiger partial charge < -0.3 is 15.3 Å². The Kier molecular flexibility index (Phi) is 5.82. The number of hydrogen-bond acceptors (Lipinski definition) is 5. The molecule has 1 aliphatic rings. The number of carbonyl (C=O) groups is 2. The van der Waals surface area contributed by atoms with Crippen molar-refractivity contribution >= 4 is 28.5 Å². The first-order valence-corrected chi connectivity index (χ1v) is 11.3. The molecule has 1 heterocycles. The Labute approximate surface area is 193 Å². The van der Waals surface area contributed by atoms with Gasteiger partial charge >= 0.3 is 5.97 Å². The molecule has 0 unspecified atom stereocenters. The number of hydrogen-bond donors (Lipinski definition) is 2. The summed E-state index contributed by atoms with van der Waals surface area (Å²) < 4.78 is 0. The summed E-state index contributed by atoms with van der Waals surface area (Å²) in [6.45, 7) is 9.56. The molecule has 1 atom stereocenters. The minimum Gasteiger partial charge on any atom is -0.480 e. The van der Waals surface area contributed by atoms with Crippen molar-refractivity contribution in [3.8, 4) is 11.1 Å². The number of carboxylic acids is 1. The number of anilines is 1. The molecular weight excluding hydrogens is 416 g/mol. The van der Waals surface area contributed by atoms with Crippen LogP contribution in [0.25, 0.3) is 21.9 Å². The van der Waals surface area contributed by atoms with Crippen LogP contribution in [0.4, 0.5) is 5.82 Å². The summed E-state index contributed by atoms with van der Waals surface area (Å²) in [6, 6.07) is 11.3. The van der Waals surface area contributed by atoms with Crippen LogP contribution in [0.2, 0.25) is 0 Å². The van der Waals surface area contributed by atoms with Gasteiger partial charge in [0.05, 0.1) is 6.20 Å². The van der Waals surface area contributed by atoms with E-state index in [0.717, 1.165) is 40.3 Å². The lowest BCUT2D eigenvalue weighted by molar-refractivity contribution is -0.138. The van der Waals surface area contributed by atoms with E-state index in [2.05, 4.69) is 15.5 Å². The van der Waals surface area contributed by atoms with Crippen molar-refractivity contribution in [2.45, 2.75) is 65.1 Å². The number of aromatic nitrogens is 2. The molecule has 0 bridgehead atoms. The number of carbonyl (C=O) groups excluding carboxylic acids is 1. The summed E-state index contributed by atoms with van der Waals surface area (Å²) >= 11 is 0. The van der Waals surface area contributed by atoms with Gasteiger partial charge in [0, 0.05) is 27.9 Å². The summed E-state index contributed by atoms with van der Waals surface area (Å²) in [5.41, 5.74) is 3.18. The summed E-state index contributed by atoms with van der Waals surface area (Å²) in [5, 5.41) is 22.9. The van der Waals surface area contributed by atoms with Gasteiger partial charge in [0.15, 0.2) is 5.82 Å².